The van der Waals surface area contributed by atoms with Crippen molar-refractivity contribution in [2.24, 2.45) is 0 Å². The summed E-state index contributed by atoms with van der Waals surface area (Å²) in [6.45, 7) is 2.12. The van der Waals surface area contributed by atoms with Gasteiger partial charge in [-0.15, -0.1) is 0 Å². The SMILES string of the molecule is CC(NCc1cccc(F)c1)c1cccc(F)c1F. The second-order valence-corrected chi connectivity index (χ2v) is 4.38. The van der Waals surface area contributed by atoms with Crippen molar-refractivity contribution in [2.45, 2.75) is 19.5 Å². The molecule has 19 heavy (non-hydrogen) atoms. The molecular formula is C15H14F3N. The highest BCUT2D eigenvalue weighted by Crippen LogP contribution is 2.19. The first kappa shape index (κ1) is 13.6. The van der Waals surface area contributed by atoms with Crippen LogP contribution in [0.25, 0.3) is 0 Å². The van der Waals surface area contributed by atoms with E-state index in [-0.39, 0.29) is 17.4 Å². The molecule has 0 saturated carbocycles. The van der Waals surface area contributed by atoms with Gasteiger partial charge in [0.2, 0.25) is 0 Å². The molecule has 1 N–H and O–H groups in total. The van der Waals surface area contributed by atoms with Crippen LogP contribution in [0.1, 0.15) is 24.1 Å². The predicted octanol–water partition coefficient (Wildman–Crippen LogP) is 3.95. The average molecular weight is 265 g/mol. The van der Waals surface area contributed by atoms with Crippen LogP contribution >= 0.6 is 0 Å². The summed E-state index contributed by atoms with van der Waals surface area (Å²) in [6.07, 6.45) is 0. The molecule has 1 atom stereocenters. The summed E-state index contributed by atoms with van der Waals surface area (Å²) in [5.41, 5.74) is 1.01. The first-order valence-electron chi connectivity index (χ1n) is 5.99. The molecule has 2 aromatic rings. The Bertz CT molecular complexity index is 569. The Morgan fingerprint density at radius 1 is 1.05 bits per heavy atom. The van der Waals surface area contributed by atoms with Crippen molar-refractivity contribution in [2.75, 3.05) is 0 Å². The summed E-state index contributed by atoms with van der Waals surface area (Å²) in [7, 11) is 0. The first-order chi connectivity index (χ1) is 9.08. The smallest absolute Gasteiger partial charge is 0.163 e. The van der Waals surface area contributed by atoms with Crippen LogP contribution in [0.2, 0.25) is 0 Å². The largest absolute Gasteiger partial charge is 0.306 e. The molecule has 2 rings (SSSR count). The van der Waals surface area contributed by atoms with Crippen LogP contribution in [0.4, 0.5) is 13.2 Å². The number of benzene rings is 2. The molecule has 0 bridgehead atoms. The van der Waals surface area contributed by atoms with Crippen molar-refractivity contribution < 1.29 is 13.2 Å². The Hall–Kier alpha value is -1.81. The predicted molar refractivity (Wildman–Crippen MR) is 68.0 cm³/mol. The van der Waals surface area contributed by atoms with Gasteiger partial charge in [-0.2, -0.15) is 0 Å². The number of rotatable bonds is 4. The molecule has 2 aromatic carbocycles. The number of hydrogen-bond donors (Lipinski definition) is 1. The minimum atomic E-state index is -0.864. The zero-order valence-electron chi connectivity index (χ0n) is 10.5. The summed E-state index contributed by atoms with van der Waals surface area (Å²) < 4.78 is 39.7. The number of nitrogens with one attached hydrogen (secondary N) is 1. The second-order valence-electron chi connectivity index (χ2n) is 4.38. The molecular weight excluding hydrogens is 251 g/mol. The number of halogens is 3. The van der Waals surface area contributed by atoms with E-state index in [9.17, 15) is 13.2 Å². The molecule has 0 radical (unpaired) electrons. The lowest BCUT2D eigenvalue weighted by Crippen LogP contribution is -2.19. The first-order valence-corrected chi connectivity index (χ1v) is 5.99. The van der Waals surface area contributed by atoms with Gasteiger partial charge in [0.15, 0.2) is 11.6 Å². The normalized spacial score (nSPS) is 12.4. The van der Waals surface area contributed by atoms with E-state index in [1.54, 1.807) is 19.1 Å². The van der Waals surface area contributed by atoms with E-state index in [1.165, 1.54) is 24.3 Å². The van der Waals surface area contributed by atoms with E-state index in [1.807, 2.05) is 0 Å². The standard InChI is InChI=1S/C15H14F3N/c1-10(13-6-3-7-14(17)15(13)18)19-9-11-4-2-5-12(16)8-11/h2-8,10,19H,9H2,1H3. The van der Waals surface area contributed by atoms with Crippen molar-refractivity contribution in [1.29, 1.82) is 0 Å². The molecule has 100 valence electrons. The van der Waals surface area contributed by atoms with Crippen molar-refractivity contribution in [3.05, 3.63) is 71.0 Å². The third-order valence-electron chi connectivity index (χ3n) is 2.95. The van der Waals surface area contributed by atoms with Crippen LogP contribution in [0.15, 0.2) is 42.5 Å². The van der Waals surface area contributed by atoms with Gasteiger partial charge in [0.05, 0.1) is 0 Å². The van der Waals surface area contributed by atoms with Gasteiger partial charge in [-0.25, -0.2) is 13.2 Å². The molecule has 0 saturated heterocycles. The molecule has 0 aromatic heterocycles. The van der Waals surface area contributed by atoms with Gasteiger partial charge in [0.1, 0.15) is 5.82 Å². The molecule has 1 nitrogen and oxygen atoms in total. The number of hydrogen-bond acceptors (Lipinski definition) is 1. The van der Waals surface area contributed by atoms with Crippen LogP contribution in [-0.4, -0.2) is 0 Å². The Kier molecular flexibility index (Phi) is 4.22. The maximum absolute atomic E-state index is 13.6. The monoisotopic (exact) mass is 265 g/mol. The van der Waals surface area contributed by atoms with Crippen LogP contribution < -0.4 is 5.32 Å². The highest BCUT2D eigenvalue weighted by atomic mass is 19.2. The molecule has 0 aliphatic carbocycles. The van der Waals surface area contributed by atoms with Crippen molar-refractivity contribution in [3.63, 3.8) is 0 Å². The molecule has 0 aliphatic heterocycles. The molecule has 4 heteroatoms. The van der Waals surface area contributed by atoms with E-state index in [2.05, 4.69) is 5.32 Å². The van der Waals surface area contributed by atoms with Crippen molar-refractivity contribution >= 4 is 0 Å². The summed E-state index contributed by atoms with van der Waals surface area (Å²) in [4.78, 5) is 0. The minimum Gasteiger partial charge on any atom is -0.306 e. The van der Waals surface area contributed by atoms with Gasteiger partial charge in [-0.3, -0.25) is 0 Å². The second kappa shape index (κ2) is 5.89. The van der Waals surface area contributed by atoms with E-state index in [0.717, 1.165) is 11.6 Å². The maximum Gasteiger partial charge on any atom is 0.163 e. The lowest BCUT2D eigenvalue weighted by Gasteiger charge is -2.15. The Morgan fingerprint density at radius 3 is 2.53 bits per heavy atom. The fourth-order valence-electron chi connectivity index (χ4n) is 1.88. The topological polar surface area (TPSA) is 12.0 Å². The maximum atomic E-state index is 13.6. The molecule has 0 spiro atoms. The van der Waals surface area contributed by atoms with Gasteiger partial charge >= 0.3 is 0 Å². The fraction of sp³-hybridized carbons (Fsp3) is 0.200. The van der Waals surface area contributed by atoms with E-state index >= 15 is 0 Å². The lowest BCUT2D eigenvalue weighted by atomic mass is 10.1. The van der Waals surface area contributed by atoms with Gasteiger partial charge in [-0.1, -0.05) is 24.3 Å². The molecule has 1 unspecified atom stereocenters. The summed E-state index contributed by atoms with van der Waals surface area (Å²) in [5.74, 6) is -2.03. The Morgan fingerprint density at radius 2 is 1.79 bits per heavy atom. The zero-order valence-corrected chi connectivity index (χ0v) is 10.5. The third kappa shape index (κ3) is 3.35. The molecule has 0 heterocycles. The Balaban J connectivity index is 2.05. The molecule has 0 amide bonds. The van der Waals surface area contributed by atoms with Crippen LogP contribution in [0.3, 0.4) is 0 Å². The third-order valence-corrected chi connectivity index (χ3v) is 2.95. The quantitative estimate of drug-likeness (QED) is 0.882. The van der Waals surface area contributed by atoms with Gasteiger partial charge in [-0.05, 0) is 30.7 Å². The van der Waals surface area contributed by atoms with E-state index < -0.39 is 11.6 Å². The van der Waals surface area contributed by atoms with Crippen LogP contribution in [0, 0.1) is 17.5 Å². The van der Waals surface area contributed by atoms with Crippen LogP contribution in [0.5, 0.6) is 0 Å². The highest BCUT2D eigenvalue weighted by molar-refractivity contribution is 5.22. The van der Waals surface area contributed by atoms with Crippen LogP contribution in [-0.2, 0) is 6.54 Å². The van der Waals surface area contributed by atoms with Gasteiger partial charge < -0.3 is 5.32 Å². The van der Waals surface area contributed by atoms with Crippen molar-refractivity contribution in [3.8, 4) is 0 Å². The molecule has 0 fully saturated rings. The lowest BCUT2D eigenvalue weighted by molar-refractivity contribution is 0.472. The molecule has 0 aliphatic rings. The van der Waals surface area contributed by atoms with E-state index in [4.69, 9.17) is 0 Å². The van der Waals surface area contributed by atoms with Crippen molar-refractivity contribution in [1.82, 2.24) is 5.32 Å². The van der Waals surface area contributed by atoms with Gasteiger partial charge in [0.25, 0.3) is 0 Å². The average Bonchev–Trinajstić information content (AvgIpc) is 2.39. The van der Waals surface area contributed by atoms with E-state index in [0.29, 0.717) is 6.54 Å². The zero-order chi connectivity index (χ0) is 13.8. The Labute approximate surface area is 110 Å². The highest BCUT2D eigenvalue weighted by Gasteiger charge is 2.13. The summed E-state index contributed by atoms with van der Waals surface area (Å²) in [6, 6.07) is 9.86. The summed E-state index contributed by atoms with van der Waals surface area (Å²) >= 11 is 0. The van der Waals surface area contributed by atoms with Gasteiger partial charge in [0, 0.05) is 18.2 Å². The fourth-order valence-corrected chi connectivity index (χ4v) is 1.88. The summed E-state index contributed by atoms with van der Waals surface area (Å²) in [5, 5.41) is 3.04. The minimum absolute atomic E-state index is 0.261.